The number of aromatic nitrogens is 1. The van der Waals surface area contributed by atoms with E-state index in [-0.39, 0.29) is 11.4 Å². The predicted octanol–water partition coefficient (Wildman–Crippen LogP) is -0.186. The highest BCUT2D eigenvalue weighted by atomic mass is 32.2. The van der Waals surface area contributed by atoms with Crippen LogP contribution < -0.4 is 0 Å². The van der Waals surface area contributed by atoms with E-state index in [1.807, 2.05) is 0 Å². The summed E-state index contributed by atoms with van der Waals surface area (Å²) in [6.45, 7) is 0. The third-order valence-electron chi connectivity index (χ3n) is 1.20. The fourth-order valence-electron chi connectivity index (χ4n) is 0.778. The Morgan fingerprint density at radius 1 is 1.42 bits per heavy atom. The van der Waals surface area contributed by atoms with E-state index in [9.17, 15) is 8.42 Å². The van der Waals surface area contributed by atoms with Gasteiger partial charge in [0.05, 0.1) is 0 Å². The zero-order valence-corrected chi connectivity index (χ0v) is 6.67. The first-order valence-electron chi connectivity index (χ1n) is 2.93. The van der Waals surface area contributed by atoms with Gasteiger partial charge in [0.15, 0.2) is 11.8 Å². The summed E-state index contributed by atoms with van der Waals surface area (Å²) in [5, 5.41) is 17.6. The molecule has 12 heavy (non-hydrogen) atoms. The molecular weight excluding hydrogens is 186 g/mol. The van der Waals surface area contributed by atoms with Gasteiger partial charge in [0, 0.05) is 11.6 Å². The number of nitrogens with one attached hydrogen (secondary N) is 1. The van der Waals surface area contributed by atoms with Crippen molar-refractivity contribution in [1.29, 1.82) is 0 Å². The Morgan fingerprint density at radius 3 is 2.33 bits per heavy atom. The van der Waals surface area contributed by atoms with Crippen molar-refractivity contribution in [1.82, 2.24) is 4.98 Å². The second-order valence-electron chi connectivity index (χ2n) is 2.25. The first-order chi connectivity index (χ1) is 5.38. The quantitative estimate of drug-likeness (QED) is 0.487. The highest BCUT2D eigenvalue weighted by molar-refractivity contribution is 7.85. The fourth-order valence-corrected chi connectivity index (χ4v) is 1.39. The van der Waals surface area contributed by atoms with Crippen LogP contribution in [0.2, 0.25) is 0 Å². The lowest BCUT2D eigenvalue weighted by molar-refractivity contribution is 0.422. The van der Waals surface area contributed by atoms with Crippen molar-refractivity contribution in [2.75, 3.05) is 0 Å². The summed E-state index contributed by atoms with van der Waals surface area (Å²) in [4.78, 5) is 2.07. The zero-order valence-electron chi connectivity index (χ0n) is 5.85. The van der Waals surface area contributed by atoms with Crippen LogP contribution in [0.25, 0.3) is 0 Å². The molecule has 0 atom stereocenters. The maximum atomic E-state index is 10.3. The molecule has 4 N–H and O–H groups in total. The van der Waals surface area contributed by atoms with Crippen molar-refractivity contribution in [3.05, 3.63) is 11.6 Å². The van der Waals surface area contributed by atoms with Gasteiger partial charge in [-0.05, 0) is 0 Å². The summed E-state index contributed by atoms with van der Waals surface area (Å²) in [7, 11) is -4.18. The van der Waals surface area contributed by atoms with Gasteiger partial charge in [0.2, 0.25) is 0 Å². The molecule has 1 aromatic rings. The molecule has 1 rings (SSSR count). The largest absolute Gasteiger partial charge is 0.495 e. The molecule has 0 radical (unpaired) electrons. The highest BCUT2D eigenvalue weighted by Gasteiger charge is 2.13. The molecule has 0 unspecified atom stereocenters. The van der Waals surface area contributed by atoms with E-state index in [2.05, 4.69) is 4.98 Å². The Labute approximate surface area is 68.2 Å². The van der Waals surface area contributed by atoms with Gasteiger partial charge in [-0.3, -0.25) is 9.54 Å². The van der Waals surface area contributed by atoms with Crippen LogP contribution in [-0.2, 0) is 15.9 Å². The number of hydrogen-bond donors (Lipinski definition) is 4. The number of aromatic amines is 1. The van der Waals surface area contributed by atoms with Crippen LogP contribution in [0.5, 0.6) is 11.8 Å². The second-order valence-corrected chi connectivity index (χ2v) is 3.71. The second kappa shape index (κ2) is 2.68. The van der Waals surface area contributed by atoms with E-state index in [0.717, 1.165) is 6.07 Å². The van der Waals surface area contributed by atoms with Gasteiger partial charge in [-0.2, -0.15) is 8.42 Å². The van der Waals surface area contributed by atoms with Crippen molar-refractivity contribution in [2.45, 2.75) is 5.75 Å². The molecular formula is C5H7NO5S. The third-order valence-corrected chi connectivity index (χ3v) is 1.88. The van der Waals surface area contributed by atoms with E-state index < -0.39 is 21.8 Å². The lowest BCUT2D eigenvalue weighted by Crippen LogP contribution is -2.00. The lowest BCUT2D eigenvalue weighted by Gasteiger charge is -1.93. The number of rotatable bonds is 2. The average Bonchev–Trinajstić information content (AvgIpc) is 2.06. The highest BCUT2D eigenvalue weighted by Crippen LogP contribution is 2.22. The van der Waals surface area contributed by atoms with Crippen LogP contribution in [0.3, 0.4) is 0 Å². The number of H-pyrrole nitrogens is 1. The van der Waals surface area contributed by atoms with Crippen molar-refractivity contribution in [3.63, 3.8) is 0 Å². The first-order valence-corrected chi connectivity index (χ1v) is 4.54. The summed E-state index contributed by atoms with van der Waals surface area (Å²) >= 11 is 0. The summed E-state index contributed by atoms with van der Waals surface area (Å²) in [5.74, 6) is -1.55. The average molecular weight is 193 g/mol. The molecule has 0 aliphatic heterocycles. The summed E-state index contributed by atoms with van der Waals surface area (Å²) < 4.78 is 29.0. The maximum Gasteiger partial charge on any atom is 0.269 e. The first kappa shape index (κ1) is 8.88. The minimum Gasteiger partial charge on any atom is -0.495 e. The van der Waals surface area contributed by atoms with Crippen molar-refractivity contribution >= 4 is 10.1 Å². The molecule has 0 aliphatic rings. The third kappa shape index (κ3) is 2.14. The van der Waals surface area contributed by atoms with Crippen LogP contribution in [0, 0.1) is 0 Å². The molecule has 0 fully saturated rings. The summed E-state index contributed by atoms with van der Waals surface area (Å²) in [6.07, 6.45) is 0. The molecule has 1 aromatic heterocycles. The van der Waals surface area contributed by atoms with Crippen LogP contribution in [0.4, 0.5) is 0 Å². The lowest BCUT2D eigenvalue weighted by atomic mass is 10.4. The molecule has 0 saturated heterocycles. The summed E-state index contributed by atoms with van der Waals surface area (Å²) in [6, 6.07) is 1.02. The Balaban J connectivity index is 2.97. The van der Waals surface area contributed by atoms with Gasteiger partial charge in [0.1, 0.15) is 5.75 Å². The topological polar surface area (TPSA) is 111 Å². The van der Waals surface area contributed by atoms with Crippen molar-refractivity contribution < 1.29 is 23.2 Å². The fraction of sp³-hybridized carbons (Fsp3) is 0.200. The van der Waals surface area contributed by atoms with E-state index in [0.29, 0.717) is 0 Å². The SMILES string of the molecule is O=S(=O)(O)Cc1cc(O)[nH]c1O. The molecule has 0 aliphatic carbocycles. The minimum atomic E-state index is -4.18. The van der Waals surface area contributed by atoms with Gasteiger partial charge >= 0.3 is 0 Å². The molecule has 6 nitrogen and oxygen atoms in total. The minimum absolute atomic E-state index is 0.0741. The van der Waals surface area contributed by atoms with Crippen LogP contribution >= 0.6 is 0 Å². The van der Waals surface area contributed by atoms with Gasteiger partial charge < -0.3 is 10.2 Å². The van der Waals surface area contributed by atoms with E-state index in [1.165, 1.54) is 0 Å². The van der Waals surface area contributed by atoms with Gasteiger partial charge in [-0.1, -0.05) is 0 Å². The van der Waals surface area contributed by atoms with Gasteiger partial charge in [0.25, 0.3) is 10.1 Å². The molecule has 0 amide bonds. The molecule has 0 spiro atoms. The van der Waals surface area contributed by atoms with Crippen molar-refractivity contribution in [3.8, 4) is 11.8 Å². The van der Waals surface area contributed by atoms with Crippen molar-refractivity contribution in [2.24, 2.45) is 0 Å². The van der Waals surface area contributed by atoms with E-state index in [1.54, 1.807) is 0 Å². The maximum absolute atomic E-state index is 10.3. The molecule has 68 valence electrons. The van der Waals surface area contributed by atoms with E-state index >= 15 is 0 Å². The van der Waals surface area contributed by atoms with Gasteiger partial charge in [-0.25, -0.2) is 0 Å². The standard InChI is InChI=1S/C5H7NO5S/c7-4-1-3(5(8)6-4)2-12(9,10)11/h1,6-8H,2H2,(H,9,10,11). The van der Waals surface area contributed by atoms with Gasteiger partial charge in [-0.15, -0.1) is 0 Å². The van der Waals surface area contributed by atoms with Crippen LogP contribution in [0.15, 0.2) is 6.07 Å². The molecule has 0 aromatic carbocycles. The monoisotopic (exact) mass is 193 g/mol. The summed E-state index contributed by atoms with van der Waals surface area (Å²) in [5.41, 5.74) is -0.0741. The Hall–Kier alpha value is -1.21. The molecule has 7 heteroatoms. The smallest absolute Gasteiger partial charge is 0.269 e. The zero-order chi connectivity index (χ0) is 9.35. The molecule has 1 heterocycles. The number of aromatic hydroxyl groups is 2. The number of hydrogen-bond acceptors (Lipinski definition) is 4. The van der Waals surface area contributed by atoms with E-state index in [4.69, 9.17) is 14.8 Å². The Morgan fingerprint density at radius 2 is 2.00 bits per heavy atom. The Kier molecular flexibility index (Phi) is 1.99. The molecule has 0 bridgehead atoms. The molecule has 0 saturated carbocycles. The van der Waals surface area contributed by atoms with Crippen LogP contribution in [0.1, 0.15) is 5.56 Å². The Bertz CT molecular complexity index is 379. The predicted molar refractivity (Wildman–Crippen MR) is 39.4 cm³/mol. The van der Waals surface area contributed by atoms with Crippen LogP contribution in [-0.4, -0.2) is 28.2 Å². The normalized spacial score (nSPS) is 11.8.